The van der Waals surface area contributed by atoms with Crippen molar-refractivity contribution in [2.24, 2.45) is 0 Å². The molecule has 2 aromatic heterocycles. The Bertz CT molecular complexity index is 950. The van der Waals surface area contributed by atoms with Crippen LogP contribution < -0.4 is 5.56 Å². The second-order valence-corrected chi connectivity index (χ2v) is 7.14. The van der Waals surface area contributed by atoms with Gasteiger partial charge in [-0.1, -0.05) is 30.3 Å². The van der Waals surface area contributed by atoms with E-state index >= 15 is 0 Å². The Labute approximate surface area is 142 Å². The topological polar surface area (TPSA) is 47.0 Å². The molecule has 0 spiro atoms. The lowest BCUT2D eigenvalue weighted by Crippen LogP contribution is -2.27. The summed E-state index contributed by atoms with van der Waals surface area (Å²) in [5.74, 6) is 0. The molecule has 1 fully saturated rings. The number of ether oxygens (including phenoxy) is 1. The zero-order valence-electron chi connectivity index (χ0n) is 12.5. The van der Waals surface area contributed by atoms with Crippen molar-refractivity contribution in [2.45, 2.75) is 25.5 Å². The van der Waals surface area contributed by atoms with Gasteiger partial charge < -0.3 is 9.72 Å². The van der Waals surface area contributed by atoms with E-state index in [2.05, 4.69) is 4.98 Å². The molecule has 0 saturated carbocycles. The normalized spacial score (nSPS) is 17.8. The maximum atomic E-state index is 12.8. The predicted molar refractivity (Wildman–Crippen MR) is 95.7 cm³/mol. The molecule has 6 heteroatoms. The van der Waals surface area contributed by atoms with Gasteiger partial charge in [0.2, 0.25) is 0 Å². The molecule has 1 aliphatic heterocycles. The van der Waals surface area contributed by atoms with E-state index in [1.165, 1.54) is 0 Å². The van der Waals surface area contributed by atoms with E-state index in [9.17, 15) is 4.79 Å². The van der Waals surface area contributed by atoms with Crippen molar-refractivity contribution in [1.29, 1.82) is 0 Å². The van der Waals surface area contributed by atoms with Crippen molar-refractivity contribution in [3.8, 4) is 10.4 Å². The molecule has 1 aromatic carbocycles. The van der Waals surface area contributed by atoms with Gasteiger partial charge in [0.15, 0.2) is 4.77 Å². The number of hydrogen-bond donors (Lipinski definition) is 1. The number of hydrogen-bond acceptors (Lipinski definition) is 4. The zero-order chi connectivity index (χ0) is 15.8. The predicted octanol–water partition coefficient (Wildman–Crippen LogP) is 3.97. The molecule has 0 aliphatic carbocycles. The first kappa shape index (κ1) is 14.8. The van der Waals surface area contributed by atoms with Crippen LogP contribution in [0.4, 0.5) is 0 Å². The van der Waals surface area contributed by atoms with Crippen molar-refractivity contribution in [3.63, 3.8) is 0 Å². The van der Waals surface area contributed by atoms with Crippen molar-refractivity contribution < 1.29 is 4.74 Å². The van der Waals surface area contributed by atoms with Crippen LogP contribution in [-0.4, -0.2) is 22.3 Å². The molecule has 0 bridgehead atoms. The van der Waals surface area contributed by atoms with Gasteiger partial charge in [-0.15, -0.1) is 11.3 Å². The summed E-state index contributed by atoms with van der Waals surface area (Å²) in [5.41, 5.74) is 1.08. The molecule has 1 atom stereocenters. The van der Waals surface area contributed by atoms with Gasteiger partial charge in [0.25, 0.3) is 5.56 Å². The molecule has 1 aliphatic rings. The summed E-state index contributed by atoms with van der Waals surface area (Å²) >= 11 is 6.95. The van der Waals surface area contributed by atoms with Crippen LogP contribution >= 0.6 is 23.6 Å². The number of H-pyrrole nitrogens is 1. The van der Waals surface area contributed by atoms with Crippen molar-refractivity contribution in [2.75, 3.05) is 6.61 Å². The molecule has 3 aromatic rings. The van der Waals surface area contributed by atoms with Crippen LogP contribution in [0, 0.1) is 4.77 Å². The van der Waals surface area contributed by atoms with Crippen LogP contribution in [-0.2, 0) is 11.3 Å². The lowest BCUT2D eigenvalue weighted by molar-refractivity contribution is 0.0957. The van der Waals surface area contributed by atoms with Gasteiger partial charge in [-0.25, -0.2) is 0 Å². The molecule has 0 unspecified atom stereocenters. The maximum absolute atomic E-state index is 12.8. The molecule has 4 rings (SSSR count). The molecule has 0 amide bonds. The summed E-state index contributed by atoms with van der Waals surface area (Å²) in [6.07, 6.45) is 2.12. The highest BCUT2D eigenvalue weighted by Crippen LogP contribution is 2.30. The van der Waals surface area contributed by atoms with Crippen LogP contribution in [0.3, 0.4) is 0 Å². The number of fused-ring (bicyclic) bond motifs is 1. The Kier molecular flexibility index (Phi) is 3.88. The van der Waals surface area contributed by atoms with E-state index < -0.39 is 0 Å². The third kappa shape index (κ3) is 2.78. The summed E-state index contributed by atoms with van der Waals surface area (Å²) < 4.78 is 7.74. The Morgan fingerprint density at radius 2 is 2.17 bits per heavy atom. The maximum Gasteiger partial charge on any atom is 0.263 e. The monoisotopic (exact) mass is 344 g/mol. The third-order valence-corrected chi connectivity index (χ3v) is 5.56. The first-order valence-corrected chi connectivity index (χ1v) is 8.88. The van der Waals surface area contributed by atoms with Gasteiger partial charge in [0.05, 0.1) is 18.0 Å². The van der Waals surface area contributed by atoms with Crippen LogP contribution in [0.25, 0.3) is 20.7 Å². The summed E-state index contributed by atoms with van der Waals surface area (Å²) in [4.78, 5) is 17.9. The van der Waals surface area contributed by atoms with Crippen LogP contribution in [0.2, 0.25) is 0 Å². The molecule has 1 N–H and O–H groups in total. The Morgan fingerprint density at radius 3 is 2.91 bits per heavy atom. The largest absolute Gasteiger partial charge is 0.376 e. The Hall–Kier alpha value is -1.76. The highest BCUT2D eigenvalue weighted by molar-refractivity contribution is 7.71. The Morgan fingerprint density at radius 1 is 1.35 bits per heavy atom. The number of aromatic amines is 1. The summed E-state index contributed by atoms with van der Waals surface area (Å²) in [5, 5.41) is 0.695. The van der Waals surface area contributed by atoms with E-state index in [1.807, 2.05) is 36.4 Å². The van der Waals surface area contributed by atoms with E-state index in [1.54, 1.807) is 15.9 Å². The molecule has 1 saturated heterocycles. The molecule has 4 nitrogen and oxygen atoms in total. The minimum atomic E-state index is -0.0299. The molecular formula is C17H16N2O2S2. The van der Waals surface area contributed by atoms with Gasteiger partial charge >= 0.3 is 0 Å². The second kappa shape index (κ2) is 6.03. The van der Waals surface area contributed by atoms with Crippen molar-refractivity contribution in [1.82, 2.24) is 9.55 Å². The van der Waals surface area contributed by atoms with E-state index in [-0.39, 0.29) is 11.7 Å². The first-order chi connectivity index (χ1) is 11.2. The average Bonchev–Trinajstić information content (AvgIpc) is 3.22. The van der Waals surface area contributed by atoms with Gasteiger partial charge in [0.1, 0.15) is 4.83 Å². The van der Waals surface area contributed by atoms with Crippen molar-refractivity contribution in [3.05, 3.63) is 51.5 Å². The molecule has 3 heterocycles. The smallest absolute Gasteiger partial charge is 0.263 e. The van der Waals surface area contributed by atoms with Crippen LogP contribution in [0.1, 0.15) is 12.8 Å². The number of nitrogens with zero attached hydrogens (tertiary/aromatic N) is 1. The quantitative estimate of drug-likeness (QED) is 0.732. The fraction of sp³-hybridized carbons (Fsp3) is 0.294. The molecule has 118 valence electrons. The number of nitrogens with one attached hydrogen (secondary N) is 1. The number of benzene rings is 1. The highest BCUT2D eigenvalue weighted by atomic mass is 32.1. The minimum absolute atomic E-state index is 0.0299. The lowest BCUT2D eigenvalue weighted by Gasteiger charge is -2.11. The minimum Gasteiger partial charge on any atom is -0.376 e. The Balaban J connectivity index is 1.81. The highest BCUT2D eigenvalue weighted by Gasteiger charge is 2.18. The number of thiophene rings is 1. The zero-order valence-corrected chi connectivity index (χ0v) is 14.1. The fourth-order valence-electron chi connectivity index (χ4n) is 2.95. The summed E-state index contributed by atoms with van der Waals surface area (Å²) in [7, 11) is 0. The van der Waals surface area contributed by atoms with Crippen molar-refractivity contribution >= 4 is 33.8 Å². The first-order valence-electron chi connectivity index (χ1n) is 7.66. The number of aromatic nitrogens is 2. The van der Waals surface area contributed by atoms with Gasteiger partial charge in [-0.3, -0.25) is 9.36 Å². The third-order valence-electron chi connectivity index (χ3n) is 4.14. The average molecular weight is 344 g/mol. The summed E-state index contributed by atoms with van der Waals surface area (Å²) in [6, 6.07) is 12.0. The lowest BCUT2D eigenvalue weighted by atomic mass is 10.2. The van der Waals surface area contributed by atoms with E-state index in [0.717, 1.165) is 34.7 Å². The second-order valence-electron chi connectivity index (χ2n) is 5.70. The van der Waals surface area contributed by atoms with Crippen LogP contribution in [0.15, 0.2) is 41.2 Å². The SMILES string of the molecule is O=c1c2cc(-c3ccccc3)sc2[nH]c(=S)n1C[C@H]1CCCO1. The van der Waals surface area contributed by atoms with E-state index in [0.29, 0.717) is 16.7 Å². The molecule has 23 heavy (non-hydrogen) atoms. The van der Waals surface area contributed by atoms with Gasteiger partial charge in [0, 0.05) is 11.5 Å². The molecular weight excluding hydrogens is 328 g/mol. The number of rotatable bonds is 3. The van der Waals surface area contributed by atoms with Gasteiger partial charge in [-0.2, -0.15) is 0 Å². The van der Waals surface area contributed by atoms with Gasteiger partial charge in [-0.05, 0) is 36.7 Å². The van der Waals surface area contributed by atoms with E-state index in [4.69, 9.17) is 17.0 Å². The van der Waals surface area contributed by atoms with Crippen LogP contribution in [0.5, 0.6) is 0 Å². The summed E-state index contributed by atoms with van der Waals surface area (Å²) in [6.45, 7) is 1.30. The fourth-order valence-corrected chi connectivity index (χ4v) is 4.33. The standard InChI is InChI=1S/C17H16N2O2S2/c20-16-13-9-14(11-5-2-1-3-6-11)23-15(13)18-17(22)19(16)10-12-7-4-8-21-12/h1-3,5-6,9,12H,4,7-8,10H2,(H,18,22)/t12-/m1/s1. The molecule has 0 radical (unpaired) electrons.